The van der Waals surface area contributed by atoms with Crippen molar-refractivity contribution in [3.05, 3.63) is 45.4 Å². The highest BCUT2D eigenvalue weighted by atomic mass is 35.5. The molecule has 1 heterocycles. The Morgan fingerprint density at radius 3 is 2.86 bits per heavy atom. The zero-order valence-electron chi connectivity index (χ0n) is 11.8. The van der Waals surface area contributed by atoms with E-state index in [-0.39, 0.29) is 5.91 Å². The summed E-state index contributed by atoms with van der Waals surface area (Å²) in [5, 5.41) is 4.49. The number of carbonyl (C=O) groups excluding carboxylic acids is 1. The molecule has 1 amide bonds. The SMILES string of the molecule is CCCc1ncc(C(=O)NCCOc2ccc(Cl)cc2)s1. The molecule has 6 heteroatoms. The van der Waals surface area contributed by atoms with Crippen LogP contribution in [-0.4, -0.2) is 24.0 Å². The van der Waals surface area contributed by atoms with Gasteiger partial charge in [0.2, 0.25) is 0 Å². The molecule has 1 N–H and O–H groups in total. The number of aryl methyl sites for hydroxylation is 1. The summed E-state index contributed by atoms with van der Waals surface area (Å²) in [7, 11) is 0. The number of nitrogens with zero attached hydrogens (tertiary/aromatic N) is 1. The lowest BCUT2D eigenvalue weighted by molar-refractivity contribution is 0.0951. The molecule has 0 aliphatic heterocycles. The minimum atomic E-state index is -0.102. The zero-order chi connectivity index (χ0) is 15.1. The van der Waals surface area contributed by atoms with E-state index >= 15 is 0 Å². The summed E-state index contributed by atoms with van der Waals surface area (Å²) in [6.07, 6.45) is 3.58. The first-order chi connectivity index (χ1) is 10.2. The van der Waals surface area contributed by atoms with Gasteiger partial charge in [-0.05, 0) is 37.1 Å². The van der Waals surface area contributed by atoms with Gasteiger partial charge in [-0.15, -0.1) is 11.3 Å². The highest BCUT2D eigenvalue weighted by molar-refractivity contribution is 7.13. The van der Waals surface area contributed by atoms with Gasteiger partial charge >= 0.3 is 0 Å². The van der Waals surface area contributed by atoms with Crippen LogP contribution in [0.1, 0.15) is 28.0 Å². The molecule has 1 aromatic heterocycles. The third-order valence-electron chi connectivity index (χ3n) is 2.71. The van der Waals surface area contributed by atoms with E-state index in [0.717, 1.165) is 23.6 Å². The number of thiazole rings is 1. The maximum absolute atomic E-state index is 11.9. The van der Waals surface area contributed by atoms with Gasteiger partial charge in [-0.2, -0.15) is 0 Å². The highest BCUT2D eigenvalue weighted by Crippen LogP contribution is 2.16. The maximum atomic E-state index is 11.9. The van der Waals surface area contributed by atoms with Gasteiger partial charge in [-0.25, -0.2) is 4.98 Å². The fourth-order valence-electron chi connectivity index (χ4n) is 1.70. The molecule has 0 unspecified atom stereocenters. The number of rotatable bonds is 7. The molecule has 0 aliphatic rings. The van der Waals surface area contributed by atoms with E-state index in [1.165, 1.54) is 11.3 Å². The van der Waals surface area contributed by atoms with Crippen molar-refractivity contribution < 1.29 is 9.53 Å². The average Bonchev–Trinajstić information content (AvgIpc) is 2.94. The van der Waals surface area contributed by atoms with Gasteiger partial charge in [0, 0.05) is 5.02 Å². The molecule has 2 rings (SSSR count). The van der Waals surface area contributed by atoms with Gasteiger partial charge in [-0.1, -0.05) is 18.5 Å². The van der Waals surface area contributed by atoms with Crippen LogP contribution in [0, 0.1) is 0 Å². The van der Waals surface area contributed by atoms with Crippen LogP contribution in [0.5, 0.6) is 5.75 Å². The minimum absolute atomic E-state index is 0.102. The standard InChI is InChI=1S/C15H17ClN2O2S/c1-2-3-14-18-10-13(21-14)15(19)17-8-9-20-12-6-4-11(16)5-7-12/h4-7,10H,2-3,8-9H2,1H3,(H,17,19). The molecule has 0 bridgehead atoms. The van der Waals surface area contributed by atoms with Crippen molar-refractivity contribution in [2.75, 3.05) is 13.2 Å². The van der Waals surface area contributed by atoms with Gasteiger partial charge in [0.25, 0.3) is 5.91 Å². The largest absolute Gasteiger partial charge is 0.492 e. The van der Waals surface area contributed by atoms with Crippen LogP contribution < -0.4 is 10.1 Å². The smallest absolute Gasteiger partial charge is 0.263 e. The van der Waals surface area contributed by atoms with Crippen LogP contribution in [0.4, 0.5) is 0 Å². The quantitative estimate of drug-likeness (QED) is 0.792. The number of amides is 1. The molecule has 112 valence electrons. The first-order valence-electron chi connectivity index (χ1n) is 6.80. The lowest BCUT2D eigenvalue weighted by Gasteiger charge is -2.06. The van der Waals surface area contributed by atoms with E-state index in [1.54, 1.807) is 30.5 Å². The summed E-state index contributed by atoms with van der Waals surface area (Å²) >= 11 is 7.23. The lowest BCUT2D eigenvalue weighted by Crippen LogP contribution is -2.27. The Hall–Kier alpha value is -1.59. The minimum Gasteiger partial charge on any atom is -0.492 e. The molecular weight excluding hydrogens is 308 g/mol. The molecule has 0 fully saturated rings. The second-order valence-electron chi connectivity index (χ2n) is 4.43. The monoisotopic (exact) mass is 324 g/mol. The summed E-state index contributed by atoms with van der Waals surface area (Å²) in [4.78, 5) is 16.8. The third kappa shape index (κ3) is 5.02. The Bertz CT molecular complexity index is 584. The average molecular weight is 325 g/mol. The molecule has 2 aromatic rings. The lowest BCUT2D eigenvalue weighted by atomic mass is 10.3. The second kappa shape index (κ2) is 8.00. The van der Waals surface area contributed by atoms with Crippen molar-refractivity contribution in [3.8, 4) is 5.75 Å². The normalized spacial score (nSPS) is 10.4. The predicted octanol–water partition coefficient (Wildman–Crippen LogP) is 3.56. The molecule has 0 aliphatic carbocycles. The third-order valence-corrected chi connectivity index (χ3v) is 4.02. The molecule has 0 saturated heterocycles. The molecular formula is C15H17ClN2O2S. The molecule has 0 radical (unpaired) electrons. The van der Waals surface area contributed by atoms with Gasteiger partial charge in [0.05, 0.1) is 17.7 Å². The van der Waals surface area contributed by atoms with Crippen LogP contribution in [-0.2, 0) is 6.42 Å². The van der Waals surface area contributed by atoms with Gasteiger partial charge in [-0.3, -0.25) is 4.79 Å². The van der Waals surface area contributed by atoms with Crippen molar-refractivity contribution in [2.45, 2.75) is 19.8 Å². The Kier molecular flexibility index (Phi) is 6.02. The Labute approximate surface area is 133 Å². The fourth-order valence-corrected chi connectivity index (χ4v) is 2.76. The Balaban J connectivity index is 1.72. The van der Waals surface area contributed by atoms with Crippen LogP contribution in [0.25, 0.3) is 0 Å². The van der Waals surface area contributed by atoms with Gasteiger partial charge in [0.15, 0.2) is 0 Å². The van der Waals surface area contributed by atoms with Crippen molar-refractivity contribution in [1.82, 2.24) is 10.3 Å². The summed E-state index contributed by atoms with van der Waals surface area (Å²) in [5.74, 6) is 0.631. The van der Waals surface area contributed by atoms with Crippen LogP contribution >= 0.6 is 22.9 Å². The second-order valence-corrected chi connectivity index (χ2v) is 5.98. The highest BCUT2D eigenvalue weighted by Gasteiger charge is 2.09. The maximum Gasteiger partial charge on any atom is 0.263 e. The van der Waals surface area contributed by atoms with E-state index in [4.69, 9.17) is 16.3 Å². The molecule has 4 nitrogen and oxygen atoms in total. The zero-order valence-corrected chi connectivity index (χ0v) is 13.3. The fraction of sp³-hybridized carbons (Fsp3) is 0.333. The molecule has 0 spiro atoms. The molecule has 1 aromatic carbocycles. The van der Waals surface area contributed by atoms with E-state index in [1.807, 2.05) is 0 Å². The number of nitrogens with one attached hydrogen (secondary N) is 1. The topological polar surface area (TPSA) is 51.2 Å². The van der Waals surface area contributed by atoms with E-state index in [2.05, 4.69) is 17.2 Å². The number of benzene rings is 1. The Morgan fingerprint density at radius 1 is 1.38 bits per heavy atom. The Morgan fingerprint density at radius 2 is 2.14 bits per heavy atom. The van der Waals surface area contributed by atoms with Crippen LogP contribution in [0.15, 0.2) is 30.5 Å². The van der Waals surface area contributed by atoms with Crippen molar-refractivity contribution in [2.24, 2.45) is 0 Å². The molecule has 0 atom stereocenters. The van der Waals surface area contributed by atoms with Crippen molar-refractivity contribution in [3.63, 3.8) is 0 Å². The summed E-state index contributed by atoms with van der Waals surface area (Å²) in [5.41, 5.74) is 0. The van der Waals surface area contributed by atoms with E-state index < -0.39 is 0 Å². The van der Waals surface area contributed by atoms with Gasteiger partial charge < -0.3 is 10.1 Å². The summed E-state index contributed by atoms with van der Waals surface area (Å²) in [6.45, 7) is 2.95. The molecule has 21 heavy (non-hydrogen) atoms. The summed E-state index contributed by atoms with van der Waals surface area (Å²) < 4.78 is 5.51. The van der Waals surface area contributed by atoms with Gasteiger partial charge in [0.1, 0.15) is 17.2 Å². The number of halogens is 1. The first-order valence-corrected chi connectivity index (χ1v) is 7.99. The van der Waals surface area contributed by atoms with Crippen molar-refractivity contribution >= 4 is 28.8 Å². The predicted molar refractivity (Wildman–Crippen MR) is 85.4 cm³/mol. The van der Waals surface area contributed by atoms with Crippen molar-refractivity contribution in [1.29, 1.82) is 0 Å². The summed E-state index contributed by atoms with van der Waals surface area (Å²) in [6, 6.07) is 7.12. The van der Waals surface area contributed by atoms with E-state index in [9.17, 15) is 4.79 Å². The van der Waals surface area contributed by atoms with E-state index in [0.29, 0.717) is 23.1 Å². The number of hydrogen-bond acceptors (Lipinski definition) is 4. The number of ether oxygens (including phenoxy) is 1. The van der Waals surface area contributed by atoms with Crippen LogP contribution in [0.2, 0.25) is 5.02 Å². The number of aromatic nitrogens is 1. The molecule has 0 saturated carbocycles. The first kappa shape index (κ1) is 15.8. The van der Waals surface area contributed by atoms with Crippen LogP contribution in [0.3, 0.4) is 0 Å². The number of carbonyl (C=O) groups is 1. The number of hydrogen-bond donors (Lipinski definition) is 1.